The van der Waals surface area contributed by atoms with Gasteiger partial charge >= 0.3 is 0 Å². The number of hydrogen-bond donors (Lipinski definition) is 0. The summed E-state index contributed by atoms with van der Waals surface area (Å²) in [6, 6.07) is 6.35. The van der Waals surface area contributed by atoms with Crippen molar-refractivity contribution in [3.05, 3.63) is 29.8 Å². The molecule has 8 nitrogen and oxygen atoms in total. The predicted molar refractivity (Wildman–Crippen MR) is 102 cm³/mol. The average Bonchev–Trinajstić information content (AvgIpc) is 2.61. The van der Waals surface area contributed by atoms with Crippen LogP contribution in [-0.2, 0) is 19.6 Å². The average molecular weight is 395 g/mol. The molecule has 1 aromatic carbocycles. The highest BCUT2D eigenvalue weighted by atomic mass is 32.2. The maximum atomic E-state index is 12.5. The van der Waals surface area contributed by atoms with E-state index in [1.807, 2.05) is 0 Å². The van der Waals surface area contributed by atoms with Crippen molar-refractivity contribution in [2.45, 2.75) is 20.3 Å². The van der Waals surface area contributed by atoms with Gasteiger partial charge in [-0.25, -0.2) is 8.42 Å². The lowest BCUT2D eigenvalue weighted by Gasteiger charge is -2.34. The van der Waals surface area contributed by atoms with Crippen LogP contribution in [0.1, 0.15) is 30.6 Å². The molecule has 0 unspecified atom stereocenters. The lowest BCUT2D eigenvalue weighted by Crippen LogP contribution is -2.50. The molecule has 1 saturated heterocycles. The third-order valence-corrected chi connectivity index (χ3v) is 5.74. The van der Waals surface area contributed by atoms with Gasteiger partial charge in [-0.05, 0) is 19.1 Å². The first-order valence-electron chi connectivity index (χ1n) is 8.71. The highest BCUT2D eigenvalue weighted by Crippen LogP contribution is 2.20. The molecule has 9 heteroatoms. The first kappa shape index (κ1) is 20.9. The molecule has 0 saturated carbocycles. The van der Waals surface area contributed by atoms with Gasteiger partial charge in [0.2, 0.25) is 21.8 Å². The fraction of sp³-hybridized carbons (Fsp3) is 0.500. The normalized spacial score (nSPS) is 14.8. The molecule has 1 fully saturated rings. The molecular weight excluding hydrogens is 370 g/mol. The van der Waals surface area contributed by atoms with Crippen LogP contribution in [0.2, 0.25) is 0 Å². The summed E-state index contributed by atoms with van der Waals surface area (Å²) >= 11 is 0. The molecule has 0 N–H and O–H groups in total. The smallest absolute Gasteiger partial charge is 0.232 e. The number of hydrogen-bond acceptors (Lipinski definition) is 5. The predicted octanol–water partition coefficient (Wildman–Crippen LogP) is 0.736. The van der Waals surface area contributed by atoms with E-state index in [0.29, 0.717) is 37.4 Å². The van der Waals surface area contributed by atoms with E-state index < -0.39 is 10.0 Å². The van der Waals surface area contributed by atoms with E-state index in [0.717, 1.165) is 10.6 Å². The van der Waals surface area contributed by atoms with E-state index in [2.05, 4.69) is 0 Å². The molecule has 0 bridgehead atoms. The Balaban J connectivity index is 2.06. The molecule has 1 aliphatic rings. The number of amides is 2. The maximum Gasteiger partial charge on any atom is 0.232 e. The van der Waals surface area contributed by atoms with Crippen LogP contribution >= 0.6 is 0 Å². The van der Waals surface area contributed by atoms with Crippen LogP contribution < -0.4 is 4.31 Å². The zero-order valence-electron chi connectivity index (χ0n) is 15.8. The maximum absolute atomic E-state index is 12.5. The van der Waals surface area contributed by atoms with Gasteiger partial charge in [0.25, 0.3) is 0 Å². The summed E-state index contributed by atoms with van der Waals surface area (Å²) in [6.45, 7) is 4.75. The Morgan fingerprint density at radius 2 is 1.63 bits per heavy atom. The van der Waals surface area contributed by atoms with Crippen molar-refractivity contribution in [1.29, 1.82) is 0 Å². The van der Waals surface area contributed by atoms with Gasteiger partial charge in [0.05, 0.1) is 11.9 Å². The number of piperazine rings is 1. The number of carbonyl (C=O) groups excluding carboxylic acids is 3. The van der Waals surface area contributed by atoms with E-state index in [1.54, 1.807) is 28.0 Å². The quantitative estimate of drug-likeness (QED) is 0.662. The van der Waals surface area contributed by atoms with Crippen LogP contribution in [0.25, 0.3) is 0 Å². The monoisotopic (exact) mass is 395 g/mol. The lowest BCUT2D eigenvalue weighted by atomic mass is 10.1. The van der Waals surface area contributed by atoms with Crippen molar-refractivity contribution in [3.8, 4) is 0 Å². The van der Waals surface area contributed by atoms with Crippen molar-refractivity contribution in [2.24, 2.45) is 0 Å². The van der Waals surface area contributed by atoms with Crippen LogP contribution in [0.3, 0.4) is 0 Å². The van der Waals surface area contributed by atoms with Crippen molar-refractivity contribution < 1.29 is 22.8 Å². The Hall–Kier alpha value is -2.42. The standard InChI is InChI=1S/C18H25N3O5S/c1-14(22)16-5-4-6-17(13-16)21(27(3,25)26)8-7-18(24)20-11-9-19(10-12-20)15(2)23/h4-6,13H,7-12H2,1-3H3. The zero-order chi connectivity index (χ0) is 20.2. The number of anilines is 1. The van der Waals surface area contributed by atoms with E-state index in [1.165, 1.54) is 19.9 Å². The minimum Gasteiger partial charge on any atom is -0.339 e. The second-order valence-electron chi connectivity index (χ2n) is 6.58. The molecule has 0 aromatic heterocycles. The van der Waals surface area contributed by atoms with Gasteiger partial charge in [0.15, 0.2) is 5.78 Å². The Morgan fingerprint density at radius 3 is 2.15 bits per heavy atom. The highest BCUT2D eigenvalue weighted by molar-refractivity contribution is 7.92. The van der Waals surface area contributed by atoms with Crippen LogP contribution in [0.4, 0.5) is 5.69 Å². The Kier molecular flexibility index (Phi) is 6.59. The highest BCUT2D eigenvalue weighted by Gasteiger charge is 2.24. The number of sulfonamides is 1. The molecule has 1 aromatic rings. The van der Waals surface area contributed by atoms with Gasteiger partial charge in [0, 0.05) is 51.6 Å². The Bertz CT molecular complexity index is 829. The van der Waals surface area contributed by atoms with Crippen molar-refractivity contribution in [2.75, 3.05) is 43.3 Å². The zero-order valence-corrected chi connectivity index (χ0v) is 16.7. The minimum atomic E-state index is -3.61. The van der Waals surface area contributed by atoms with Gasteiger partial charge in [-0.15, -0.1) is 0 Å². The van der Waals surface area contributed by atoms with Crippen LogP contribution in [-0.4, -0.2) is 74.8 Å². The van der Waals surface area contributed by atoms with Crippen molar-refractivity contribution >= 4 is 33.3 Å². The molecule has 1 heterocycles. The van der Waals surface area contributed by atoms with Crippen LogP contribution in [0.15, 0.2) is 24.3 Å². The SMILES string of the molecule is CC(=O)c1cccc(N(CCC(=O)N2CCN(C(C)=O)CC2)S(C)(=O)=O)c1. The first-order valence-corrected chi connectivity index (χ1v) is 10.6. The molecule has 0 radical (unpaired) electrons. The second-order valence-corrected chi connectivity index (χ2v) is 8.49. The summed E-state index contributed by atoms with van der Waals surface area (Å²) in [7, 11) is -3.61. The Labute approximate surface area is 159 Å². The van der Waals surface area contributed by atoms with Crippen molar-refractivity contribution in [3.63, 3.8) is 0 Å². The van der Waals surface area contributed by atoms with Gasteiger partial charge in [-0.2, -0.15) is 0 Å². The van der Waals surface area contributed by atoms with Gasteiger partial charge < -0.3 is 9.80 Å². The lowest BCUT2D eigenvalue weighted by molar-refractivity contribution is -0.138. The third kappa shape index (κ3) is 5.53. The van der Waals surface area contributed by atoms with E-state index in [9.17, 15) is 22.8 Å². The number of ketones is 1. The molecule has 148 valence electrons. The summed E-state index contributed by atoms with van der Waals surface area (Å²) in [4.78, 5) is 38.7. The molecule has 0 aliphatic carbocycles. The molecular formula is C18H25N3O5S. The first-order chi connectivity index (χ1) is 12.6. The Morgan fingerprint density at radius 1 is 1.04 bits per heavy atom. The second kappa shape index (κ2) is 8.51. The van der Waals surface area contributed by atoms with E-state index in [4.69, 9.17) is 0 Å². The van der Waals surface area contributed by atoms with Crippen molar-refractivity contribution in [1.82, 2.24) is 9.80 Å². The topological polar surface area (TPSA) is 95.1 Å². The summed E-state index contributed by atoms with van der Waals surface area (Å²) < 4.78 is 25.5. The van der Waals surface area contributed by atoms with E-state index in [-0.39, 0.29) is 30.6 Å². The van der Waals surface area contributed by atoms with E-state index >= 15 is 0 Å². The molecule has 2 rings (SSSR count). The van der Waals surface area contributed by atoms with Crippen LogP contribution in [0, 0.1) is 0 Å². The molecule has 0 spiro atoms. The molecule has 1 aliphatic heterocycles. The minimum absolute atomic E-state index is 0.00799. The number of benzene rings is 1. The molecule has 0 atom stereocenters. The molecule has 27 heavy (non-hydrogen) atoms. The fourth-order valence-electron chi connectivity index (χ4n) is 2.99. The largest absolute Gasteiger partial charge is 0.339 e. The molecule has 2 amide bonds. The summed E-state index contributed by atoms with van der Waals surface area (Å²) in [5.41, 5.74) is 0.771. The van der Waals surface area contributed by atoms with Gasteiger partial charge in [0.1, 0.15) is 0 Å². The van der Waals surface area contributed by atoms with Crippen LogP contribution in [0.5, 0.6) is 0 Å². The summed E-state index contributed by atoms with van der Waals surface area (Å²) in [6.07, 6.45) is 1.10. The van der Waals surface area contributed by atoms with Gasteiger partial charge in [-0.3, -0.25) is 18.7 Å². The summed E-state index contributed by atoms with van der Waals surface area (Å²) in [5, 5.41) is 0. The number of Topliss-reactive ketones (excluding diaryl/α,β-unsaturated/α-hetero) is 1. The number of nitrogens with zero attached hydrogens (tertiary/aromatic N) is 3. The van der Waals surface area contributed by atoms with Gasteiger partial charge in [-0.1, -0.05) is 12.1 Å². The fourth-order valence-corrected chi connectivity index (χ4v) is 3.91. The summed E-state index contributed by atoms with van der Waals surface area (Å²) in [5.74, 6) is -0.338. The number of carbonyl (C=O) groups is 3. The third-order valence-electron chi connectivity index (χ3n) is 4.55. The number of rotatable bonds is 6.